The molecule has 1 N–H and O–H groups in total. The maximum Gasteiger partial charge on any atom is 0.123 e. The SMILES string of the molecule is COc1ccc(Nc2ccnc3cc(Cl)ccc23)cc1CN(CCCl)CCCl. The summed E-state index contributed by atoms with van der Waals surface area (Å²) >= 11 is 18.0. The van der Waals surface area contributed by atoms with E-state index in [4.69, 9.17) is 39.5 Å². The molecule has 3 rings (SSSR count). The van der Waals surface area contributed by atoms with Crippen molar-refractivity contribution in [3.05, 3.63) is 59.2 Å². The second-order valence-corrected chi connectivity index (χ2v) is 7.52. The van der Waals surface area contributed by atoms with Crippen molar-refractivity contribution < 1.29 is 4.74 Å². The van der Waals surface area contributed by atoms with E-state index in [0.29, 0.717) is 23.3 Å². The molecule has 0 spiro atoms. The van der Waals surface area contributed by atoms with Gasteiger partial charge in [-0.2, -0.15) is 0 Å². The average molecular weight is 439 g/mol. The zero-order chi connectivity index (χ0) is 19.9. The fourth-order valence-corrected chi connectivity index (χ4v) is 3.76. The monoisotopic (exact) mass is 437 g/mol. The molecule has 2 aromatic carbocycles. The van der Waals surface area contributed by atoms with Crippen molar-refractivity contribution in [2.75, 3.05) is 37.3 Å². The lowest BCUT2D eigenvalue weighted by molar-refractivity contribution is 0.292. The number of methoxy groups -OCH3 is 1. The summed E-state index contributed by atoms with van der Waals surface area (Å²) in [6.45, 7) is 2.25. The van der Waals surface area contributed by atoms with Crippen molar-refractivity contribution in [2.24, 2.45) is 0 Å². The molecule has 4 nitrogen and oxygen atoms in total. The van der Waals surface area contributed by atoms with Crippen molar-refractivity contribution >= 4 is 57.1 Å². The van der Waals surface area contributed by atoms with Gasteiger partial charge in [-0.25, -0.2) is 0 Å². The van der Waals surface area contributed by atoms with Crippen LogP contribution < -0.4 is 10.1 Å². The summed E-state index contributed by atoms with van der Waals surface area (Å²) in [6, 6.07) is 13.7. The van der Waals surface area contributed by atoms with Crippen LogP contribution in [0.4, 0.5) is 11.4 Å². The lowest BCUT2D eigenvalue weighted by Crippen LogP contribution is -2.27. The molecule has 0 aliphatic rings. The van der Waals surface area contributed by atoms with Gasteiger partial charge in [-0.05, 0) is 42.5 Å². The Hall–Kier alpha value is -1.72. The first-order chi connectivity index (χ1) is 13.6. The zero-order valence-electron chi connectivity index (χ0n) is 15.6. The van der Waals surface area contributed by atoms with Gasteiger partial charge in [0.05, 0.1) is 12.6 Å². The van der Waals surface area contributed by atoms with Crippen molar-refractivity contribution in [1.29, 1.82) is 0 Å². The molecule has 0 unspecified atom stereocenters. The molecule has 1 heterocycles. The second kappa shape index (κ2) is 10.2. The van der Waals surface area contributed by atoms with E-state index in [2.05, 4.69) is 21.3 Å². The van der Waals surface area contributed by atoms with E-state index in [1.54, 1.807) is 13.3 Å². The number of hydrogen-bond donors (Lipinski definition) is 1. The van der Waals surface area contributed by atoms with Gasteiger partial charge in [-0.1, -0.05) is 11.6 Å². The summed E-state index contributed by atoms with van der Waals surface area (Å²) in [7, 11) is 1.68. The first-order valence-electron chi connectivity index (χ1n) is 8.97. The average Bonchev–Trinajstić information content (AvgIpc) is 2.68. The number of halogens is 3. The fourth-order valence-electron chi connectivity index (χ4n) is 3.12. The van der Waals surface area contributed by atoms with Crippen molar-refractivity contribution in [1.82, 2.24) is 9.88 Å². The Balaban J connectivity index is 1.89. The molecular weight excluding hydrogens is 417 g/mol. The summed E-state index contributed by atoms with van der Waals surface area (Å²) in [6.07, 6.45) is 1.77. The fraction of sp³-hybridized carbons (Fsp3) is 0.286. The maximum atomic E-state index is 6.09. The Kier molecular flexibility index (Phi) is 7.63. The van der Waals surface area contributed by atoms with E-state index in [1.807, 2.05) is 36.4 Å². The van der Waals surface area contributed by atoms with Gasteiger partial charge < -0.3 is 10.1 Å². The third-order valence-corrected chi connectivity index (χ3v) is 5.03. The predicted molar refractivity (Wildman–Crippen MR) is 120 cm³/mol. The number of rotatable bonds is 9. The minimum Gasteiger partial charge on any atom is -0.496 e. The Labute approximate surface area is 180 Å². The Morgan fingerprint density at radius 1 is 1.04 bits per heavy atom. The van der Waals surface area contributed by atoms with Gasteiger partial charge in [0, 0.05) is 64.9 Å². The minimum atomic E-state index is 0.558. The predicted octanol–water partition coefficient (Wildman–Crippen LogP) is 5.92. The molecule has 0 bridgehead atoms. The molecule has 1 aromatic heterocycles. The molecule has 0 saturated carbocycles. The Bertz CT molecular complexity index is 930. The van der Waals surface area contributed by atoms with E-state index in [-0.39, 0.29) is 0 Å². The van der Waals surface area contributed by atoms with E-state index in [0.717, 1.165) is 46.7 Å². The molecule has 0 aliphatic carbocycles. The van der Waals surface area contributed by atoms with Gasteiger partial charge in [0.2, 0.25) is 0 Å². The van der Waals surface area contributed by atoms with E-state index in [1.165, 1.54) is 0 Å². The Morgan fingerprint density at radius 2 is 1.82 bits per heavy atom. The summed E-state index contributed by atoms with van der Waals surface area (Å²) in [4.78, 5) is 6.61. The van der Waals surface area contributed by atoms with Crippen LogP contribution in [0.25, 0.3) is 10.9 Å². The van der Waals surface area contributed by atoms with Gasteiger partial charge in [-0.3, -0.25) is 9.88 Å². The molecule has 3 aromatic rings. The molecular formula is C21H22Cl3N3O. The van der Waals surface area contributed by atoms with Crippen LogP contribution >= 0.6 is 34.8 Å². The van der Waals surface area contributed by atoms with Crippen LogP contribution in [0.1, 0.15) is 5.56 Å². The zero-order valence-corrected chi connectivity index (χ0v) is 17.9. The number of fused-ring (bicyclic) bond motifs is 1. The number of nitrogens with zero attached hydrogens (tertiary/aromatic N) is 2. The Morgan fingerprint density at radius 3 is 2.54 bits per heavy atom. The number of ether oxygens (including phenoxy) is 1. The van der Waals surface area contributed by atoms with Crippen LogP contribution in [-0.4, -0.2) is 41.8 Å². The van der Waals surface area contributed by atoms with Crippen LogP contribution in [0.3, 0.4) is 0 Å². The number of hydrogen-bond acceptors (Lipinski definition) is 4. The highest BCUT2D eigenvalue weighted by molar-refractivity contribution is 6.31. The van der Waals surface area contributed by atoms with Crippen molar-refractivity contribution in [2.45, 2.75) is 6.54 Å². The van der Waals surface area contributed by atoms with Crippen LogP contribution in [-0.2, 0) is 6.54 Å². The lowest BCUT2D eigenvalue weighted by Gasteiger charge is -2.22. The quantitative estimate of drug-likeness (QED) is 0.421. The standard InChI is InChI=1S/C21H22Cl3N3O/c1-28-21-5-3-17(12-15(21)14-27(10-7-22)11-8-23)26-19-6-9-25-20-13-16(24)2-4-18(19)20/h2-6,9,12-13H,7-8,10-11,14H2,1H3,(H,25,26). The number of anilines is 2. The normalized spacial score (nSPS) is 11.2. The first-order valence-corrected chi connectivity index (χ1v) is 10.4. The third-order valence-electron chi connectivity index (χ3n) is 4.46. The molecule has 0 saturated heterocycles. The van der Waals surface area contributed by atoms with Crippen LogP contribution in [0.15, 0.2) is 48.7 Å². The van der Waals surface area contributed by atoms with Gasteiger partial charge >= 0.3 is 0 Å². The van der Waals surface area contributed by atoms with Crippen LogP contribution in [0.2, 0.25) is 5.02 Å². The number of benzene rings is 2. The smallest absolute Gasteiger partial charge is 0.123 e. The molecule has 0 atom stereocenters. The lowest BCUT2D eigenvalue weighted by atomic mass is 10.1. The molecule has 0 fully saturated rings. The summed E-state index contributed by atoms with van der Waals surface area (Å²) in [5.41, 5.74) is 3.86. The molecule has 28 heavy (non-hydrogen) atoms. The van der Waals surface area contributed by atoms with Gasteiger partial charge in [0.15, 0.2) is 0 Å². The maximum absolute atomic E-state index is 6.09. The number of alkyl halides is 2. The number of pyridine rings is 1. The molecule has 0 radical (unpaired) electrons. The highest BCUT2D eigenvalue weighted by atomic mass is 35.5. The van der Waals surface area contributed by atoms with Crippen LogP contribution in [0.5, 0.6) is 5.75 Å². The van der Waals surface area contributed by atoms with E-state index < -0.39 is 0 Å². The highest BCUT2D eigenvalue weighted by Crippen LogP contribution is 2.30. The summed E-state index contributed by atoms with van der Waals surface area (Å²) < 4.78 is 5.55. The van der Waals surface area contributed by atoms with E-state index in [9.17, 15) is 0 Å². The topological polar surface area (TPSA) is 37.4 Å². The molecule has 148 valence electrons. The number of nitrogens with one attached hydrogen (secondary N) is 1. The van der Waals surface area contributed by atoms with Crippen molar-refractivity contribution in [3.63, 3.8) is 0 Å². The third kappa shape index (κ3) is 5.21. The van der Waals surface area contributed by atoms with Gasteiger partial charge in [0.1, 0.15) is 5.75 Å². The summed E-state index contributed by atoms with van der Waals surface area (Å²) in [5.74, 6) is 1.96. The molecule has 0 aliphatic heterocycles. The van der Waals surface area contributed by atoms with Crippen LogP contribution in [0, 0.1) is 0 Å². The van der Waals surface area contributed by atoms with Crippen molar-refractivity contribution in [3.8, 4) is 5.75 Å². The minimum absolute atomic E-state index is 0.558. The second-order valence-electron chi connectivity index (χ2n) is 6.33. The first kappa shape index (κ1) is 21.0. The highest BCUT2D eigenvalue weighted by Gasteiger charge is 2.11. The molecule has 7 heteroatoms. The van der Waals surface area contributed by atoms with E-state index >= 15 is 0 Å². The van der Waals surface area contributed by atoms with Gasteiger partial charge in [0.25, 0.3) is 0 Å². The largest absolute Gasteiger partial charge is 0.496 e. The summed E-state index contributed by atoms with van der Waals surface area (Å²) in [5, 5.41) is 5.16. The molecule has 0 amide bonds. The number of aromatic nitrogens is 1. The van der Waals surface area contributed by atoms with Gasteiger partial charge in [-0.15, -0.1) is 23.2 Å².